The zero-order valence-corrected chi connectivity index (χ0v) is 8.11. The number of nitrogens with two attached hydrogens (primary N) is 1. The molecule has 0 aromatic carbocycles. The van der Waals surface area contributed by atoms with Crippen molar-refractivity contribution in [3.05, 3.63) is 18.3 Å². The fraction of sp³-hybridized carbons (Fsp3) is 0.250. The van der Waals surface area contributed by atoms with E-state index in [1.807, 2.05) is 19.5 Å². The molecule has 14 heavy (non-hydrogen) atoms. The van der Waals surface area contributed by atoms with E-state index < -0.39 is 6.03 Å². The van der Waals surface area contributed by atoms with Crippen molar-refractivity contribution in [1.29, 1.82) is 0 Å². The van der Waals surface area contributed by atoms with Crippen LogP contribution in [0, 0.1) is 0 Å². The number of pyridine rings is 1. The molecule has 0 atom stereocenters. The maximum absolute atomic E-state index is 11.0. The minimum absolute atomic E-state index is 0.471. The van der Waals surface area contributed by atoms with Gasteiger partial charge in [0.2, 0.25) is 0 Å². The summed E-state index contributed by atoms with van der Waals surface area (Å²) >= 11 is 0. The van der Waals surface area contributed by atoms with Crippen LogP contribution >= 0.6 is 0 Å². The van der Waals surface area contributed by atoms with Crippen molar-refractivity contribution in [2.75, 3.05) is 24.3 Å². The first-order valence-electron chi connectivity index (χ1n) is 4.05. The molecule has 1 aromatic heterocycles. The highest BCUT2D eigenvalue weighted by Crippen LogP contribution is 2.19. The third-order valence-corrected chi connectivity index (χ3v) is 1.59. The first-order chi connectivity index (χ1) is 6.65. The Balaban J connectivity index is 2.90. The van der Waals surface area contributed by atoms with Crippen molar-refractivity contribution in [3.63, 3.8) is 0 Å². The predicted molar refractivity (Wildman–Crippen MR) is 54.9 cm³/mol. The molecule has 0 spiro atoms. The first kappa shape index (κ1) is 10.3. The summed E-state index contributed by atoms with van der Waals surface area (Å²) in [4.78, 5) is 16.9. The molecule has 1 heterocycles. The van der Waals surface area contributed by atoms with E-state index >= 15 is 0 Å². The summed E-state index contributed by atoms with van der Waals surface area (Å²) in [5.41, 5.74) is 2.59. The largest absolute Gasteiger partial charge is 0.361 e. The summed E-state index contributed by atoms with van der Waals surface area (Å²) in [6.07, 6.45) is 1.65. The van der Waals surface area contributed by atoms with Gasteiger partial charge in [-0.15, -0.1) is 0 Å². The molecule has 6 nitrogen and oxygen atoms in total. The second-order valence-corrected chi connectivity index (χ2v) is 2.87. The molecular formula is C8H13N5O. The van der Waals surface area contributed by atoms with Crippen LogP contribution in [0.3, 0.4) is 0 Å². The normalized spacial score (nSPS) is 9.36. The van der Waals surface area contributed by atoms with E-state index in [0.29, 0.717) is 11.5 Å². The molecule has 4 N–H and O–H groups in total. The van der Waals surface area contributed by atoms with E-state index in [0.717, 1.165) is 0 Å². The number of urea groups is 1. The molecule has 0 saturated heterocycles. The number of nitrogens with zero attached hydrogens (tertiary/aromatic N) is 2. The number of anilines is 2. The molecule has 0 aliphatic heterocycles. The molecule has 1 aromatic rings. The smallest absolute Gasteiger partial charge is 0.333 e. The van der Waals surface area contributed by atoms with Gasteiger partial charge in [0, 0.05) is 20.3 Å². The lowest BCUT2D eigenvalue weighted by molar-refractivity contribution is 0.252. The number of aromatic nitrogens is 1. The van der Waals surface area contributed by atoms with E-state index in [-0.39, 0.29) is 0 Å². The van der Waals surface area contributed by atoms with Crippen molar-refractivity contribution in [3.8, 4) is 0 Å². The maximum atomic E-state index is 11.0. The molecule has 0 bridgehead atoms. The van der Waals surface area contributed by atoms with Gasteiger partial charge in [-0.05, 0) is 12.1 Å². The van der Waals surface area contributed by atoms with Crippen molar-refractivity contribution < 1.29 is 4.79 Å². The number of carbonyl (C=O) groups is 1. The van der Waals surface area contributed by atoms with Gasteiger partial charge in [0.15, 0.2) is 5.82 Å². The minimum Gasteiger partial charge on any atom is -0.361 e. The van der Waals surface area contributed by atoms with Crippen molar-refractivity contribution in [2.24, 2.45) is 5.84 Å². The predicted octanol–water partition coefficient (Wildman–Crippen LogP) is 0.143. The third-order valence-electron chi connectivity index (χ3n) is 1.59. The molecule has 0 unspecified atom stereocenters. The Hall–Kier alpha value is -1.82. The van der Waals surface area contributed by atoms with E-state index in [9.17, 15) is 4.79 Å². The van der Waals surface area contributed by atoms with Gasteiger partial charge in [0.25, 0.3) is 0 Å². The fourth-order valence-corrected chi connectivity index (χ4v) is 1.01. The Morgan fingerprint density at radius 1 is 1.57 bits per heavy atom. The van der Waals surface area contributed by atoms with Gasteiger partial charge in [0.1, 0.15) is 0 Å². The number of carbonyl (C=O) groups excluding carboxylic acids is 1. The summed E-state index contributed by atoms with van der Waals surface area (Å²) in [6.45, 7) is 0. The van der Waals surface area contributed by atoms with Crippen molar-refractivity contribution in [2.45, 2.75) is 0 Å². The monoisotopic (exact) mass is 195 g/mol. The average molecular weight is 195 g/mol. The molecule has 0 aliphatic carbocycles. The number of amides is 2. The van der Waals surface area contributed by atoms with Gasteiger partial charge in [-0.3, -0.25) is 5.43 Å². The van der Waals surface area contributed by atoms with Crippen LogP contribution in [0.1, 0.15) is 0 Å². The number of hydrazine groups is 1. The lowest BCUT2D eigenvalue weighted by Gasteiger charge is -2.15. The first-order valence-corrected chi connectivity index (χ1v) is 4.05. The lowest BCUT2D eigenvalue weighted by Crippen LogP contribution is -2.34. The Kier molecular flexibility index (Phi) is 3.24. The van der Waals surface area contributed by atoms with Gasteiger partial charge >= 0.3 is 6.03 Å². The second kappa shape index (κ2) is 4.43. The van der Waals surface area contributed by atoms with Crippen molar-refractivity contribution >= 4 is 17.5 Å². The zero-order chi connectivity index (χ0) is 10.6. The highest BCUT2D eigenvalue weighted by molar-refractivity contribution is 5.91. The minimum atomic E-state index is -0.471. The number of rotatable bonds is 2. The van der Waals surface area contributed by atoms with Crippen LogP contribution in [-0.2, 0) is 0 Å². The molecule has 76 valence electrons. The molecule has 0 saturated carbocycles. The highest BCUT2D eigenvalue weighted by atomic mass is 16.2. The van der Waals surface area contributed by atoms with Gasteiger partial charge in [-0.25, -0.2) is 15.6 Å². The highest BCUT2D eigenvalue weighted by Gasteiger charge is 2.07. The molecule has 0 aliphatic rings. The number of hydrogen-bond acceptors (Lipinski definition) is 4. The topological polar surface area (TPSA) is 83.3 Å². The summed E-state index contributed by atoms with van der Waals surface area (Å²) in [5, 5.41) is 2.56. The number of hydrogen-bond donors (Lipinski definition) is 3. The molecule has 0 radical (unpaired) electrons. The van der Waals surface area contributed by atoms with Gasteiger partial charge in [-0.2, -0.15) is 0 Å². The van der Waals surface area contributed by atoms with E-state index in [4.69, 9.17) is 5.84 Å². The fourth-order valence-electron chi connectivity index (χ4n) is 1.01. The van der Waals surface area contributed by atoms with Crippen LogP contribution < -0.4 is 21.5 Å². The standard InChI is InChI=1S/C8H13N5O/c1-13(2)7-6(4-3-5-10-7)11-8(14)12-9/h3-5H,9H2,1-2H3,(H2,11,12,14). The average Bonchev–Trinajstić information content (AvgIpc) is 2.18. The third kappa shape index (κ3) is 2.33. The van der Waals surface area contributed by atoms with E-state index in [1.165, 1.54) is 0 Å². The van der Waals surface area contributed by atoms with Crippen LogP contribution in [0.4, 0.5) is 16.3 Å². The summed E-state index contributed by atoms with van der Waals surface area (Å²) < 4.78 is 0. The zero-order valence-electron chi connectivity index (χ0n) is 8.11. The van der Waals surface area contributed by atoms with Crippen LogP contribution in [0.5, 0.6) is 0 Å². The lowest BCUT2D eigenvalue weighted by atomic mass is 10.3. The summed E-state index contributed by atoms with van der Waals surface area (Å²) in [5.74, 6) is 5.63. The van der Waals surface area contributed by atoms with Crippen LogP contribution in [0.25, 0.3) is 0 Å². The van der Waals surface area contributed by atoms with Crippen LogP contribution in [0.2, 0.25) is 0 Å². The maximum Gasteiger partial charge on any atom is 0.333 e. The SMILES string of the molecule is CN(C)c1ncccc1NC(=O)NN. The summed E-state index contributed by atoms with van der Waals surface area (Å²) in [6, 6.07) is 3.01. The Morgan fingerprint density at radius 2 is 2.29 bits per heavy atom. The second-order valence-electron chi connectivity index (χ2n) is 2.87. The molecule has 6 heteroatoms. The number of nitrogens with one attached hydrogen (secondary N) is 2. The summed E-state index contributed by atoms with van der Waals surface area (Å²) in [7, 11) is 3.68. The Labute approximate surface area is 82.1 Å². The van der Waals surface area contributed by atoms with Gasteiger partial charge in [0.05, 0.1) is 5.69 Å². The molecule has 2 amide bonds. The van der Waals surface area contributed by atoms with Gasteiger partial charge < -0.3 is 10.2 Å². The molecule has 1 rings (SSSR count). The molecule has 0 fully saturated rings. The molecular weight excluding hydrogens is 182 g/mol. The van der Waals surface area contributed by atoms with Gasteiger partial charge in [-0.1, -0.05) is 0 Å². The van der Waals surface area contributed by atoms with Crippen LogP contribution in [0.15, 0.2) is 18.3 Å². The van der Waals surface area contributed by atoms with Crippen molar-refractivity contribution in [1.82, 2.24) is 10.4 Å². The van der Waals surface area contributed by atoms with Crippen LogP contribution in [-0.4, -0.2) is 25.1 Å². The van der Waals surface area contributed by atoms with E-state index in [1.54, 1.807) is 23.2 Å². The Morgan fingerprint density at radius 3 is 2.86 bits per heavy atom. The Bertz CT molecular complexity index is 325. The van der Waals surface area contributed by atoms with E-state index in [2.05, 4.69) is 10.3 Å². The quantitative estimate of drug-likeness (QED) is 0.356.